The van der Waals surface area contributed by atoms with Gasteiger partial charge in [-0.1, -0.05) is 133 Å². The van der Waals surface area contributed by atoms with Crippen LogP contribution in [0.1, 0.15) is 60.9 Å². The Bertz CT molecular complexity index is 3310. The number of benzene rings is 8. The molecule has 0 aromatic heterocycles. The molecule has 8 aromatic carbocycles. The van der Waals surface area contributed by atoms with Gasteiger partial charge in [0.2, 0.25) is 17.2 Å². The van der Waals surface area contributed by atoms with Gasteiger partial charge < -0.3 is 62.5 Å². The van der Waals surface area contributed by atoms with E-state index < -0.39 is 5.97 Å². The monoisotopic (exact) mass is 1120 g/mol. The molecular weight excluding hydrogens is 1050 g/mol. The van der Waals surface area contributed by atoms with Crippen LogP contribution in [0.15, 0.2) is 182 Å². The van der Waals surface area contributed by atoms with E-state index >= 15 is 0 Å². The minimum absolute atomic E-state index is 0.0202. The molecule has 0 aliphatic carbocycles. The van der Waals surface area contributed by atoms with Crippen molar-refractivity contribution in [2.75, 3.05) is 56.3 Å². The standard InChI is InChI=1S/C34H35NO5.C18H18O5.C16H16O4/c1-36-30-21-28-27(20-31(30)39-22-24-10-6-4-7-11-24)16-17-35-29(28)15-14-26-18-32(37-2)34(33(19-26)38-3)40-23-25-12-8-5-9-13-25;1-21-15-10-14(8-9-17(19)20)11-16(22-2)18(15)23-12-13-6-4-3-5-7-13;1-18-14-8-13(10-17)9-15(19-2)16(14)20-11-12-6-4-3-5-7-12/h4-15,18-21,29,35H,16-17,22-23H2,1-3H3;3-11H,12H2,1-2H3,(H,19,20);3-10H,11H2,1-2H3/b15-14+;9-8+;. The predicted molar refractivity (Wildman–Crippen MR) is 320 cm³/mol. The molecule has 8 aromatic rings. The van der Waals surface area contributed by atoms with Gasteiger partial charge in [-0.05, 0) is 106 Å². The minimum Gasteiger partial charge on any atom is -0.493 e. The summed E-state index contributed by atoms with van der Waals surface area (Å²) in [6.45, 7) is 2.55. The van der Waals surface area contributed by atoms with E-state index in [9.17, 15) is 9.59 Å². The molecule has 0 bridgehead atoms. The molecule has 9 rings (SSSR count). The van der Waals surface area contributed by atoms with Crippen molar-refractivity contribution in [3.63, 3.8) is 0 Å². The number of carboxylic acids is 1. The Morgan fingerprint density at radius 1 is 0.446 bits per heavy atom. The van der Waals surface area contributed by atoms with Gasteiger partial charge in [0.15, 0.2) is 46.0 Å². The molecule has 0 saturated carbocycles. The SMILES string of the molecule is COc1cc(/C=C/C(=O)O)cc(OC)c1OCc1ccccc1.COc1cc(C=O)cc(OC)c1OCc1ccccc1.COc1cc2c(cc1OCc1ccccc1)CCNC2/C=C/c1cc(OC)c(OCc2ccccc2)c(OC)c1. The van der Waals surface area contributed by atoms with Crippen LogP contribution < -0.4 is 57.4 Å². The van der Waals surface area contributed by atoms with Crippen molar-refractivity contribution in [2.24, 2.45) is 0 Å². The third kappa shape index (κ3) is 17.6. The van der Waals surface area contributed by atoms with Crippen molar-refractivity contribution >= 4 is 24.4 Å². The first kappa shape index (κ1) is 60.8. The molecule has 1 atom stereocenters. The van der Waals surface area contributed by atoms with Gasteiger partial charge in [0.25, 0.3) is 0 Å². The molecule has 1 aliphatic heterocycles. The summed E-state index contributed by atoms with van der Waals surface area (Å²) in [6.07, 6.45) is 8.41. The molecule has 1 aliphatic rings. The predicted octanol–water partition coefficient (Wildman–Crippen LogP) is 13.2. The van der Waals surface area contributed by atoms with E-state index in [1.807, 2.05) is 121 Å². The first-order chi connectivity index (χ1) is 40.6. The molecule has 0 saturated heterocycles. The summed E-state index contributed by atoms with van der Waals surface area (Å²) in [7, 11) is 11.1. The summed E-state index contributed by atoms with van der Waals surface area (Å²) in [6, 6.07) is 54.5. The maximum atomic E-state index is 10.9. The average Bonchev–Trinajstić information content (AvgIpc) is 3.69. The number of rotatable bonds is 24. The third-order valence-corrected chi connectivity index (χ3v) is 12.9. The number of carbonyl (C=O) groups is 2. The number of hydrogen-bond donors (Lipinski definition) is 2. The highest BCUT2D eigenvalue weighted by molar-refractivity contribution is 5.85. The van der Waals surface area contributed by atoms with Crippen LogP contribution in [0.4, 0.5) is 0 Å². The van der Waals surface area contributed by atoms with Gasteiger partial charge in [0.05, 0.1) is 55.8 Å². The van der Waals surface area contributed by atoms with E-state index in [-0.39, 0.29) is 6.04 Å². The van der Waals surface area contributed by atoms with Gasteiger partial charge >= 0.3 is 5.97 Å². The van der Waals surface area contributed by atoms with Crippen LogP contribution in [0.5, 0.6) is 63.2 Å². The zero-order valence-electron chi connectivity index (χ0n) is 47.6. The highest BCUT2D eigenvalue weighted by atomic mass is 16.6. The second-order valence-corrected chi connectivity index (χ2v) is 18.4. The summed E-state index contributed by atoms with van der Waals surface area (Å²) in [5.41, 5.74) is 8.74. The summed E-state index contributed by atoms with van der Waals surface area (Å²) in [4.78, 5) is 21.5. The van der Waals surface area contributed by atoms with E-state index in [1.165, 1.54) is 45.6 Å². The largest absolute Gasteiger partial charge is 0.493 e. The molecule has 0 spiro atoms. The Morgan fingerprint density at radius 3 is 1.14 bits per heavy atom. The Morgan fingerprint density at radius 2 is 0.795 bits per heavy atom. The molecule has 1 unspecified atom stereocenters. The van der Waals surface area contributed by atoms with Crippen LogP contribution in [-0.2, 0) is 37.6 Å². The second kappa shape index (κ2) is 31.8. The number of ether oxygens (including phenoxy) is 11. The Kier molecular flexibility index (Phi) is 23.3. The van der Waals surface area contributed by atoms with Crippen molar-refractivity contribution in [1.82, 2.24) is 5.32 Å². The summed E-state index contributed by atoms with van der Waals surface area (Å²) < 4.78 is 62.1. The van der Waals surface area contributed by atoms with E-state index in [2.05, 4.69) is 41.7 Å². The Balaban J connectivity index is 0.000000195. The van der Waals surface area contributed by atoms with Crippen molar-refractivity contribution in [3.8, 4) is 63.2 Å². The van der Waals surface area contributed by atoms with Gasteiger partial charge in [-0.15, -0.1) is 0 Å². The van der Waals surface area contributed by atoms with Crippen molar-refractivity contribution in [1.29, 1.82) is 0 Å². The molecular formula is C68H69NO14. The van der Waals surface area contributed by atoms with Crippen LogP contribution in [-0.4, -0.2) is 73.7 Å². The van der Waals surface area contributed by atoms with Crippen LogP contribution >= 0.6 is 0 Å². The van der Waals surface area contributed by atoms with Gasteiger partial charge in [-0.3, -0.25) is 4.79 Å². The average molecular weight is 1120 g/mol. The maximum Gasteiger partial charge on any atom is 0.328 e. The second-order valence-electron chi connectivity index (χ2n) is 18.4. The lowest BCUT2D eigenvalue weighted by Gasteiger charge is -2.26. The molecule has 83 heavy (non-hydrogen) atoms. The summed E-state index contributed by atoms with van der Waals surface area (Å²) in [5, 5.41) is 12.3. The fraction of sp³-hybridized carbons (Fsp3) is 0.206. The van der Waals surface area contributed by atoms with E-state index in [1.54, 1.807) is 45.6 Å². The topological polar surface area (TPSA) is 168 Å². The molecule has 0 radical (unpaired) electrons. The first-order valence-corrected chi connectivity index (χ1v) is 26.5. The smallest absolute Gasteiger partial charge is 0.328 e. The summed E-state index contributed by atoms with van der Waals surface area (Å²) >= 11 is 0. The van der Waals surface area contributed by atoms with Crippen LogP contribution in [0.2, 0.25) is 0 Å². The number of carbonyl (C=O) groups excluding carboxylic acids is 1. The Hall–Kier alpha value is -9.86. The molecule has 15 nitrogen and oxygen atoms in total. The van der Waals surface area contributed by atoms with Gasteiger partial charge in [0, 0.05) is 18.2 Å². The number of carboxylic acid groups (broad SMARTS) is 1. The van der Waals surface area contributed by atoms with Gasteiger partial charge in [-0.2, -0.15) is 0 Å². The molecule has 1 heterocycles. The number of hydrogen-bond acceptors (Lipinski definition) is 14. The number of aldehydes is 1. The Labute approximate surface area is 485 Å². The van der Waals surface area contributed by atoms with Crippen LogP contribution in [0.25, 0.3) is 12.2 Å². The van der Waals surface area contributed by atoms with E-state index in [0.29, 0.717) is 89.3 Å². The van der Waals surface area contributed by atoms with Crippen LogP contribution in [0, 0.1) is 0 Å². The first-order valence-electron chi connectivity index (χ1n) is 26.5. The number of fused-ring (bicyclic) bond motifs is 1. The highest BCUT2D eigenvalue weighted by Gasteiger charge is 2.22. The maximum absolute atomic E-state index is 10.9. The normalized spacial score (nSPS) is 12.3. The minimum atomic E-state index is -1.02. The van der Waals surface area contributed by atoms with Crippen LogP contribution in [0.3, 0.4) is 0 Å². The quantitative estimate of drug-likeness (QED) is 0.0433. The molecule has 0 fully saturated rings. The highest BCUT2D eigenvalue weighted by Crippen LogP contribution is 2.42. The fourth-order valence-corrected chi connectivity index (χ4v) is 8.73. The molecule has 0 amide bonds. The van der Waals surface area contributed by atoms with E-state index in [4.69, 9.17) is 57.2 Å². The lowest BCUT2D eigenvalue weighted by molar-refractivity contribution is -0.131. The van der Waals surface area contributed by atoms with Crippen molar-refractivity contribution in [3.05, 3.63) is 232 Å². The molecule has 15 heteroatoms. The summed E-state index contributed by atoms with van der Waals surface area (Å²) in [5.74, 6) is 5.15. The lowest BCUT2D eigenvalue weighted by atomic mass is 9.93. The van der Waals surface area contributed by atoms with Crippen molar-refractivity contribution in [2.45, 2.75) is 38.9 Å². The zero-order valence-corrected chi connectivity index (χ0v) is 47.6. The lowest BCUT2D eigenvalue weighted by Crippen LogP contribution is -2.28. The number of nitrogens with one attached hydrogen (secondary N) is 1. The third-order valence-electron chi connectivity index (χ3n) is 12.9. The van der Waals surface area contributed by atoms with Gasteiger partial charge in [0.1, 0.15) is 32.7 Å². The van der Waals surface area contributed by atoms with E-state index in [0.717, 1.165) is 64.6 Å². The van der Waals surface area contributed by atoms with Crippen molar-refractivity contribution < 1.29 is 66.8 Å². The fourth-order valence-electron chi connectivity index (χ4n) is 8.73. The number of methoxy groups -OCH3 is 7. The van der Waals surface area contributed by atoms with Gasteiger partial charge in [-0.25, -0.2) is 4.79 Å². The number of aliphatic carboxylic acids is 1. The molecule has 2 N–H and O–H groups in total. The molecule has 430 valence electrons. The zero-order chi connectivity index (χ0) is 58.8.